The Morgan fingerprint density at radius 3 is 2.37 bits per heavy atom. The van der Waals surface area contributed by atoms with Gasteiger partial charge < -0.3 is 4.90 Å². The summed E-state index contributed by atoms with van der Waals surface area (Å²) < 4.78 is 28.3. The highest BCUT2D eigenvalue weighted by Crippen LogP contribution is 2.37. The summed E-state index contributed by atoms with van der Waals surface area (Å²) >= 11 is 1.79. The summed E-state index contributed by atoms with van der Waals surface area (Å²) in [6.07, 6.45) is 1.57. The van der Waals surface area contributed by atoms with Crippen molar-refractivity contribution in [2.75, 3.05) is 39.3 Å². The molecule has 0 saturated carbocycles. The van der Waals surface area contributed by atoms with Gasteiger partial charge in [0.05, 0.1) is 17.5 Å². The van der Waals surface area contributed by atoms with Gasteiger partial charge in [0.15, 0.2) is 0 Å². The van der Waals surface area contributed by atoms with Crippen LogP contribution in [0.2, 0.25) is 0 Å². The number of hydrogen-bond donors (Lipinski definition) is 0. The van der Waals surface area contributed by atoms with E-state index in [1.807, 2.05) is 23.1 Å². The second-order valence-electron chi connectivity index (χ2n) is 11.2. The molecule has 1 fully saturated rings. The van der Waals surface area contributed by atoms with Crippen molar-refractivity contribution in [1.82, 2.24) is 14.1 Å². The summed E-state index contributed by atoms with van der Waals surface area (Å²) in [6.45, 7) is 9.21. The monoisotopic (exact) mass is 551 g/mol. The lowest BCUT2D eigenvalue weighted by Gasteiger charge is -2.37. The Kier molecular flexibility index (Phi) is 7.78. The summed E-state index contributed by atoms with van der Waals surface area (Å²) in [5, 5.41) is 2.15. The van der Waals surface area contributed by atoms with E-state index in [9.17, 15) is 13.2 Å². The molecule has 38 heavy (non-hydrogen) atoms. The number of thiophene rings is 1. The van der Waals surface area contributed by atoms with Crippen LogP contribution >= 0.6 is 11.3 Å². The van der Waals surface area contributed by atoms with Gasteiger partial charge in [-0.25, -0.2) is 8.42 Å². The number of benzene rings is 2. The van der Waals surface area contributed by atoms with Crippen LogP contribution in [0.5, 0.6) is 0 Å². The maximum absolute atomic E-state index is 13.5. The van der Waals surface area contributed by atoms with Gasteiger partial charge in [0, 0.05) is 37.6 Å². The third-order valence-corrected chi connectivity index (χ3v) is 10.6. The van der Waals surface area contributed by atoms with E-state index in [4.69, 9.17) is 0 Å². The molecule has 3 heterocycles. The molecule has 2 aliphatic rings. The predicted molar refractivity (Wildman–Crippen MR) is 153 cm³/mol. The first-order chi connectivity index (χ1) is 18.1. The molecule has 1 atom stereocenters. The molecule has 1 amide bonds. The zero-order valence-corrected chi connectivity index (χ0v) is 24.1. The van der Waals surface area contributed by atoms with Crippen molar-refractivity contribution in [3.8, 4) is 0 Å². The number of rotatable bonds is 5. The number of amides is 1. The molecule has 0 bridgehead atoms. The van der Waals surface area contributed by atoms with Crippen molar-refractivity contribution in [2.24, 2.45) is 0 Å². The Balaban J connectivity index is 1.27. The van der Waals surface area contributed by atoms with Gasteiger partial charge in [0.2, 0.25) is 15.9 Å². The molecule has 2 aromatic carbocycles. The van der Waals surface area contributed by atoms with Gasteiger partial charge in [-0.2, -0.15) is 4.31 Å². The average molecular weight is 552 g/mol. The van der Waals surface area contributed by atoms with Gasteiger partial charge in [-0.1, -0.05) is 63.2 Å². The van der Waals surface area contributed by atoms with Gasteiger partial charge in [-0.3, -0.25) is 9.69 Å². The van der Waals surface area contributed by atoms with Crippen LogP contribution in [0.1, 0.15) is 54.8 Å². The Morgan fingerprint density at radius 2 is 1.66 bits per heavy atom. The lowest BCUT2D eigenvalue weighted by molar-refractivity contribution is -0.132. The summed E-state index contributed by atoms with van der Waals surface area (Å²) in [5.74, 6) is 0.0680. The first-order valence-corrected chi connectivity index (χ1v) is 15.7. The van der Waals surface area contributed by atoms with E-state index in [2.05, 4.69) is 61.4 Å². The van der Waals surface area contributed by atoms with E-state index < -0.39 is 10.0 Å². The number of carbonyl (C=O) groups is 1. The highest BCUT2D eigenvalue weighted by atomic mass is 32.2. The Bertz CT molecular complexity index is 1360. The molecule has 0 unspecified atom stereocenters. The summed E-state index contributed by atoms with van der Waals surface area (Å²) in [7, 11) is -3.61. The molecule has 0 N–H and O–H groups in total. The molecule has 3 aromatic rings. The fourth-order valence-electron chi connectivity index (χ4n) is 5.50. The minimum atomic E-state index is -3.61. The Labute approximate surface area is 230 Å². The van der Waals surface area contributed by atoms with Gasteiger partial charge in [-0.05, 0) is 58.5 Å². The van der Waals surface area contributed by atoms with Crippen LogP contribution in [0.15, 0.2) is 70.9 Å². The smallest absolute Gasteiger partial charge is 0.243 e. The van der Waals surface area contributed by atoms with Gasteiger partial charge in [0.25, 0.3) is 0 Å². The third-order valence-electron chi connectivity index (χ3n) is 7.69. The highest BCUT2D eigenvalue weighted by Gasteiger charge is 2.33. The topological polar surface area (TPSA) is 60.9 Å². The van der Waals surface area contributed by atoms with Crippen molar-refractivity contribution in [3.05, 3.63) is 87.6 Å². The molecule has 0 radical (unpaired) electrons. The van der Waals surface area contributed by atoms with E-state index in [0.717, 1.165) is 18.5 Å². The summed E-state index contributed by atoms with van der Waals surface area (Å²) in [6, 6.07) is 19.9. The Morgan fingerprint density at radius 1 is 0.921 bits per heavy atom. The highest BCUT2D eigenvalue weighted by molar-refractivity contribution is 7.89. The first-order valence-electron chi connectivity index (χ1n) is 13.4. The lowest BCUT2D eigenvalue weighted by atomic mass is 9.87. The molecule has 0 aliphatic carbocycles. The predicted octanol–water partition coefficient (Wildman–Crippen LogP) is 4.92. The van der Waals surface area contributed by atoms with Crippen LogP contribution in [-0.2, 0) is 26.7 Å². The average Bonchev–Trinajstić information content (AvgIpc) is 3.23. The lowest BCUT2D eigenvalue weighted by Crippen LogP contribution is -2.45. The van der Waals surface area contributed by atoms with Crippen LogP contribution in [0.25, 0.3) is 0 Å². The normalized spacial score (nSPS) is 19.7. The van der Waals surface area contributed by atoms with Crippen LogP contribution in [0, 0.1) is 0 Å². The van der Waals surface area contributed by atoms with Gasteiger partial charge in [0.1, 0.15) is 0 Å². The molecule has 0 spiro atoms. The molecule has 202 valence electrons. The summed E-state index contributed by atoms with van der Waals surface area (Å²) in [4.78, 5) is 19.4. The molecule has 1 saturated heterocycles. The second-order valence-corrected chi connectivity index (χ2v) is 14.2. The van der Waals surface area contributed by atoms with Gasteiger partial charge >= 0.3 is 0 Å². The molecule has 5 rings (SSSR count). The van der Waals surface area contributed by atoms with E-state index in [0.29, 0.717) is 44.0 Å². The standard InChI is InChI=1S/C30H37N3O3S2/c1-30(2,3)24-10-12-25(13-11-24)38(35,36)33-17-7-16-31(19-20-33)28(34)22-32-18-14-27-26(15-21-37-27)29(32)23-8-5-4-6-9-23/h4-6,8-13,15,21,29H,7,14,16-20,22H2,1-3H3/t29-/m0/s1. The largest absolute Gasteiger partial charge is 0.340 e. The number of sulfonamides is 1. The number of nitrogens with zero attached hydrogens (tertiary/aromatic N) is 3. The van der Waals surface area contributed by atoms with E-state index in [1.165, 1.54) is 20.3 Å². The van der Waals surface area contributed by atoms with Crippen LogP contribution < -0.4 is 0 Å². The minimum absolute atomic E-state index is 0.0371. The van der Waals surface area contributed by atoms with Crippen LogP contribution in [0.3, 0.4) is 0 Å². The molecular weight excluding hydrogens is 514 g/mol. The van der Waals surface area contributed by atoms with Gasteiger partial charge in [-0.15, -0.1) is 11.3 Å². The van der Waals surface area contributed by atoms with Crippen molar-refractivity contribution in [1.29, 1.82) is 0 Å². The van der Waals surface area contributed by atoms with Crippen LogP contribution in [-0.4, -0.2) is 67.7 Å². The number of hydrogen-bond acceptors (Lipinski definition) is 5. The molecule has 8 heteroatoms. The fourth-order valence-corrected chi connectivity index (χ4v) is 7.87. The summed E-state index contributed by atoms with van der Waals surface area (Å²) in [5.41, 5.74) is 3.56. The maximum Gasteiger partial charge on any atom is 0.243 e. The van der Waals surface area contributed by atoms with Crippen molar-refractivity contribution >= 4 is 27.3 Å². The SMILES string of the molecule is CC(C)(C)c1ccc(S(=O)(=O)N2CCCN(C(=O)CN3CCc4sccc4[C@@H]3c3ccccc3)CC2)cc1. The van der Waals surface area contributed by atoms with Crippen LogP contribution in [0.4, 0.5) is 0 Å². The first kappa shape index (κ1) is 27.1. The molecule has 6 nitrogen and oxygen atoms in total. The molecule has 1 aromatic heterocycles. The number of carbonyl (C=O) groups excluding carboxylic acids is 1. The third kappa shape index (κ3) is 5.59. The zero-order valence-electron chi connectivity index (χ0n) is 22.5. The van der Waals surface area contributed by atoms with Crippen molar-refractivity contribution in [3.63, 3.8) is 0 Å². The fraction of sp³-hybridized carbons (Fsp3) is 0.433. The van der Waals surface area contributed by atoms with E-state index >= 15 is 0 Å². The second kappa shape index (κ2) is 10.9. The molecular formula is C30H37N3O3S2. The zero-order chi connectivity index (χ0) is 26.9. The Hall–Kier alpha value is -2.52. The quantitative estimate of drug-likeness (QED) is 0.452. The molecule has 2 aliphatic heterocycles. The van der Waals surface area contributed by atoms with E-state index in [-0.39, 0.29) is 17.4 Å². The van der Waals surface area contributed by atoms with Crippen molar-refractivity contribution < 1.29 is 13.2 Å². The number of fused-ring (bicyclic) bond motifs is 1. The maximum atomic E-state index is 13.5. The van der Waals surface area contributed by atoms with Crippen molar-refractivity contribution in [2.45, 2.75) is 50.0 Å². The minimum Gasteiger partial charge on any atom is -0.340 e. The van der Waals surface area contributed by atoms with E-state index in [1.54, 1.807) is 23.5 Å².